The number of aliphatic hydroxyl groups excluding tert-OH is 1. The Balaban J connectivity index is 1.58. The van der Waals surface area contributed by atoms with E-state index in [1.54, 1.807) is 0 Å². The number of fused-ring (bicyclic) bond motifs is 3. The van der Waals surface area contributed by atoms with E-state index in [2.05, 4.69) is 54.5 Å². The largest absolute Gasteiger partial charge is 0.481 e. The van der Waals surface area contributed by atoms with Gasteiger partial charge in [0.1, 0.15) is 18.2 Å². The van der Waals surface area contributed by atoms with Crippen molar-refractivity contribution in [3.05, 3.63) is 11.6 Å². The summed E-state index contributed by atoms with van der Waals surface area (Å²) in [6.45, 7) is 17.6. The van der Waals surface area contributed by atoms with Crippen molar-refractivity contribution in [2.45, 2.75) is 119 Å². The van der Waals surface area contributed by atoms with Gasteiger partial charge in [-0.1, -0.05) is 60.1 Å². The van der Waals surface area contributed by atoms with Crippen molar-refractivity contribution in [2.24, 2.45) is 62.4 Å². The van der Waals surface area contributed by atoms with Gasteiger partial charge in [-0.3, -0.25) is 14.4 Å². The number of carbonyl (C=O) groups excluding carboxylic acids is 2. The summed E-state index contributed by atoms with van der Waals surface area (Å²) in [5.74, 6) is -1.27. The summed E-state index contributed by atoms with van der Waals surface area (Å²) < 4.78 is 18.5. The van der Waals surface area contributed by atoms with Crippen LogP contribution in [-0.4, -0.2) is 66.2 Å². The van der Waals surface area contributed by atoms with Gasteiger partial charge in [-0.25, -0.2) is 0 Å². The van der Waals surface area contributed by atoms with Gasteiger partial charge in [-0.15, -0.1) is 0 Å². The summed E-state index contributed by atoms with van der Waals surface area (Å²) in [5, 5.41) is 20.3. The molecule has 5 aliphatic rings. The molecule has 2 bridgehead atoms. The van der Waals surface area contributed by atoms with Crippen LogP contribution >= 0.6 is 0 Å². The average molecular weight is 632 g/mol. The molecule has 9 heteroatoms. The monoisotopic (exact) mass is 631 g/mol. The van der Waals surface area contributed by atoms with Crippen molar-refractivity contribution in [3.8, 4) is 0 Å². The zero-order valence-corrected chi connectivity index (χ0v) is 28.7. The topological polar surface area (TPSA) is 145 Å². The fraction of sp³-hybridized carbons (Fsp3) is 0.861. The number of ether oxygens (including phenoxy) is 3. The highest BCUT2D eigenvalue weighted by Crippen LogP contribution is 2.75. The zero-order valence-electron chi connectivity index (χ0n) is 28.7. The molecular formula is C36H57NO8. The Labute approximate surface area is 269 Å². The first kappa shape index (κ1) is 34.4. The Hall–Kier alpha value is -1.97. The molecule has 1 unspecified atom stereocenters. The number of hydrogen-bond acceptors (Lipinski definition) is 8. The van der Waals surface area contributed by atoms with Gasteiger partial charge in [-0.05, 0) is 84.9 Å². The second-order valence-corrected chi connectivity index (χ2v) is 16.7. The minimum atomic E-state index is -0.972. The lowest BCUT2D eigenvalue weighted by Crippen LogP contribution is -2.70. The zero-order chi connectivity index (χ0) is 33.3. The molecule has 4 N–H and O–H groups in total. The van der Waals surface area contributed by atoms with E-state index in [0.717, 1.165) is 25.7 Å². The van der Waals surface area contributed by atoms with Crippen LogP contribution < -0.4 is 5.73 Å². The van der Waals surface area contributed by atoms with Crippen LogP contribution in [0.1, 0.15) is 100 Å². The summed E-state index contributed by atoms with van der Waals surface area (Å²) in [6, 6.07) is -0.972. The van der Waals surface area contributed by atoms with Crippen LogP contribution in [0.3, 0.4) is 0 Å². The van der Waals surface area contributed by atoms with Gasteiger partial charge in [0.15, 0.2) is 0 Å². The van der Waals surface area contributed by atoms with Gasteiger partial charge >= 0.3 is 17.9 Å². The van der Waals surface area contributed by atoms with Crippen LogP contribution in [0, 0.1) is 56.7 Å². The first-order valence-electron chi connectivity index (χ1n) is 17.2. The molecule has 4 aliphatic carbocycles. The molecule has 0 radical (unpaired) electrons. The predicted molar refractivity (Wildman–Crippen MR) is 169 cm³/mol. The number of hydrogen-bond donors (Lipinski definition) is 3. The number of carboxylic acids is 1. The average Bonchev–Trinajstić information content (AvgIpc) is 2.94. The third-order valence-electron chi connectivity index (χ3n) is 14.4. The van der Waals surface area contributed by atoms with E-state index in [-0.39, 0.29) is 41.6 Å². The van der Waals surface area contributed by atoms with Gasteiger partial charge in [0.25, 0.3) is 0 Å². The molecule has 0 spiro atoms. The molecule has 1 aliphatic heterocycles. The number of carbonyl (C=O) groups is 3. The van der Waals surface area contributed by atoms with Crippen LogP contribution in [0.15, 0.2) is 11.6 Å². The van der Waals surface area contributed by atoms with Crippen molar-refractivity contribution in [3.63, 3.8) is 0 Å². The third-order valence-corrected chi connectivity index (χ3v) is 14.4. The van der Waals surface area contributed by atoms with Crippen molar-refractivity contribution >= 4 is 17.9 Å². The summed E-state index contributed by atoms with van der Waals surface area (Å²) in [7, 11) is 0. The normalized spacial score (nSPS) is 45.2. The van der Waals surface area contributed by atoms with Gasteiger partial charge in [0.05, 0.1) is 19.1 Å². The SMILES string of the molecule is CC(=O)O[C@@H]1C[C@]23COC[C@@](C)([C@@H]2CC[C@H]2C3=CC[C@@]3(C)[C@H](C(=O)O)[C@@](C)([C@H](C)C(C)C)CC[C@]23C)[C@H]1OC(=O)C(N)CCO. The first-order valence-corrected chi connectivity index (χ1v) is 17.2. The maximum atomic E-state index is 13.3. The highest BCUT2D eigenvalue weighted by Gasteiger charge is 2.72. The van der Waals surface area contributed by atoms with E-state index < -0.39 is 58.3 Å². The minimum absolute atomic E-state index is 0.0859. The lowest BCUT2D eigenvalue weighted by atomic mass is 9.34. The van der Waals surface area contributed by atoms with Crippen molar-refractivity contribution in [2.75, 3.05) is 19.8 Å². The number of carboxylic acid groups (broad SMARTS) is 1. The standard InChI is InChI=1S/C36H57NO8/c1-20(2)21(3)32(5)14-15-34(7)23-9-10-27-33(6)18-43-19-36(27,24(23)11-13-35(34,8)28(32)30(40)41)17-26(44-22(4)39)29(33)45-31(42)25(37)12-16-38/h11,20-21,23,25-29,38H,9-10,12-19,37H2,1-8H3,(H,40,41)/t21-,23+,25?,26-,27+,28-,29+,32-,33+,34-,35+,36-/m1/s1. The molecule has 0 aromatic carbocycles. The van der Waals surface area contributed by atoms with Gasteiger partial charge in [0, 0.05) is 24.4 Å². The van der Waals surface area contributed by atoms with Crippen molar-refractivity contribution in [1.29, 1.82) is 0 Å². The van der Waals surface area contributed by atoms with Crippen molar-refractivity contribution in [1.82, 2.24) is 0 Å². The maximum absolute atomic E-state index is 13.3. The lowest BCUT2D eigenvalue weighted by Gasteiger charge is -2.71. The molecule has 1 saturated heterocycles. The molecule has 0 amide bonds. The van der Waals surface area contributed by atoms with E-state index in [9.17, 15) is 24.6 Å². The van der Waals surface area contributed by atoms with Crippen LogP contribution in [0.5, 0.6) is 0 Å². The second-order valence-electron chi connectivity index (χ2n) is 16.7. The maximum Gasteiger partial charge on any atom is 0.323 e. The van der Waals surface area contributed by atoms with Crippen LogP contribution in [-0.2, 0) is 28.6 Å². The molecule has 9 nitrogen and oxygen atoms in total. The number of nitrogens with two attached hydrogens (primary N) is 1. The van der Waals surface area contributed by atoms with E-state index in [1.165, 1.54) is 12.5 Å². The number of aliphatic carboxylic acids is 1. The Kier molecular flexibility index (Phi) is 8.87. The Morgan fingerprint density at radius 2 is 1.73 bits per heavy atom. The summed E-state index contributed by atoms with van der Waals surface area (Å²) in [6.07, 6.45) is 5.80. The van der Waals surface area contributed by atoms with Crippen LogP contribution in [0.25, 0.3) is 0 Å². The first-order chi connectivity index (χ1) is 20.9. The summed E-state index contributed by atoms with van der Waals surface area (Å²) in [5.41, 5.74) is 5.33. The number of aliphatic hydroxyl groups is 1. The van der Waals surface area contributed by atoms with E-state index in [4.69, 9.17) is 19.9 Å². The predicted octanol–water partition coefficient (Wildman–Crippen LogP) is 5.13. The van der Waals surface area contributed by atoms with E-state index in [0.29, 0.717) is 32.0 Å². The van der Waals surface area contributed by atoms with Crippen LogP contribution in [0.4, 0.5) is 0 Å². The quantitative estimate of drug-likeness (QED) is 0.245. The molecule has 1 heterocycles. The minimum Gasteiger partial charge on any atom is -0.481 e. The van der Waals surface area contributed by atoms with E-state index >= 15 is 0 Å². The molecule has 254 valence electrons. The Bertz CT molecular complexity index is 1230. The van der Waals surface area contributed by atoms with Gasteiger partial charge in [0.2, 0.25) is 0 Å². The third kappa shape index (κ3) is 4.92. The molecular weight excluding hydrogens is 574 g/mol. The molecule has 3 saturated carbocycles. The fourth-order valence-corrected chi connectivity index (χ4v) is 11.6. The highest BCUT2D eigenvalue weighted by atomic mass is 16.6. The molecule has 5 rings (SSSR count). The Morgan fingerprint density at radius 3 is 2.33 bits per heavy atom. The Morgan fingerprint density at radius 1 is 1.04 bits per heavy atom. The summed E-state index contributed by atoms with van der Waals surface area (Å²) >= 11 is 0. The van der Waals surface area contributed by atoms with Crippen molar-refractivity contribution < 1.29 is 38.8 Å². The highest BCUT2D eigenvalue weighted by molar-refractivity contribution is 5.76. The lowest BCUT2D eigenvalue weighted by molar-refractivity contribution is -0.263. The molecule has 4 fully saturated rings. The molecule has 45 heavy (non-hydrogen) atoms. The molecule has 12 atom stereocenters. The number of esters is 2. The molecule has 0 aromatic rings. The summed E-state index contributed by atoms with van der Waals surface area (Å²) in [4.78, 5) is 38.9. The van der Waals surface area contributed by atoms with Crippen LogP contribution in [0.2, 0.25) is 0 Å². The van der Waals surface area contributed by atoms with Gasteiger partial charge < -0.3 is 30.2 Å². The number of allylic oxidation sites excluding steroid dienone is 1. The molecule has 0 aromatic heterocycles. The fourth-order valence-electron chi connectivity index (χ4n) is 11.6. The van der Waals surface area contributed by atoms with E-state index in [1.807, 2.05) is 0 Å². The smallest absolute Gasteiger partial charge is 0.323 e. The number of rotatable bonds is 8. The second kappa shape index (κ2) is 11.6. The van der Waals surface area contributed by atoms with Gasteiger partial charge in [-0.2, -0.15) is 0 Å².